The van der Waals surface area contributed by atoms with Crippen molar-refractivity contribution in [2.45, 2.75) is 46.1 Å². The number of nitrogens with one attached hydrogen (secondary N) is 2. The van der Waals surface area contributed by atoms with E-state index in [9.17, 15) is 9.59 Å². The van der Waals surface area contributed by atoms with Gasteiger partial charge in [0.15, 0.2) is 6.54 Å². The number of carbonyl (C=O) groups excluding carboxylic acids is 2. The second-order valence-corrected chi connectivity index (χ2v) is 9.30. The number of rotatable bonds is 5. The van der Waals surface area contributed by atoms with E-state index in [1.54, 1.807) is 11.3 Å². The van der Waals surface area contributed by atoms with Crippen LogP contribution in [0, 0.1) is 5.92 Å². The number of benzene rings is 1. The first kappa shape index (κ1) is 20.1. The number of thiophene rings is 1. The molecule has 1 aliphatic carbocycles. The summed E-state index contributed by atoms with van der Waals surface area (Å²) in [5.74, 6) is 0.267. The number of carbonyl (C=O) groups is 2. The van der Waals surface area contributed by atoms with E-state index < -0.39 is 0 Å². The molecule has 0 radical (unpaired) electrons. The zero-order chi connectivity index (χ0) is 20.4. The highest BCUT2D eigenvalue weighted by Crippen LogP contribution is 2.40. The van der Waals surface area contributed by atoms with Gasteiger partial charge in [-0.15, -0.1) is 11.3 Å². The molecule has 5 nitrogen and oxygen atoms in total. The van der Waals surface area contributed by atoms with E-state index in [1.165, 1.54) is 20.9 Å². The van der Waals surface area contributed by atoms with E-state index in [2.05, 4.69) is 36.5 Å². The number of hydrogen-bond acceptors (Lipinski definition) is 4. The molecule has 1 amide bonds. The van der Waals surface area contributed by atoms with Gasteiger partial charge in [-0.1, -0.05) is 31.2 Å². The van der Waals surface area contributed by atoms with Crippen molar-refractivity contribution in [2.75, 3.05) is 25.0 Å². The smallest absolute Gasteiger partial charge is 0.341 e. The van der Waals surface area contributed by atoms with Gasteiger partial charge in [-0.05, 0) is 43.2 Å². The van der Waals surface area contributed by atoms with Crippen LogP contribution in [0.25, 0.3) is 0 Å². The molecule has 0 bridgehead atoms. The third-order valence-electron chi connectivity index (χ3n) is 5.96. The summed E-state index contributed by atoms with van der Waals surface area (Å²) in [5.41, 5.74) is 4.39. The van der Waals surface area contributed by atoms with Crippen LogP contribution in [-0.2, 0) is 35.3 Å². The third kappa shape index (κ3) is 4.38. The minimum absolute atomic E-state index is 0.0309. The molecule has 2 heterocycles. The van der Waals surface area contributed by atoms with Crippen LogP contribution in [0.5, 0.6) is 0 Å². The van der Waals surface area contributed by atoms with Gasteiger partial charge in [0.05, 0.1) is 18.7 Å². The number of quaternary nitrogens is 1. The number of amides is 1. The molecule has 2 aliphatic rings. The summed E-state index contributed by atoms with van der Waals surface area (Å²) in [6, 6.07) is 8.46. The summed E-state index contributed by atoms with van der Waals surface area (Å²) >= 11 is 1.56. The Morgan fingerprint density at radius 2 is 2.03 bits per heavy atom. The van der Waals surface area contributed by atoms with Crippen LogP contribution in [0.2, 0.25) is 0 Å². The van der Waals surface area contributed by atoms with E-state index >= 15 is 0 Å². The van der Waals surface area contributed by atoms with Crippen LogP contribution < -0.4 is 10.2 Å². The summed E-state index contributed by atoms with van der Waals surface area (Å²) in [7, 11) is 0. The molecule has 154 valence electrons. The first-order valence-corrected chi connectivity index (χ1v) is 11.4. The lowest BCUT2D eigenvalue weighted by molar-refractivity contribution is -0.907. The Labute approximate surface area is 176 Å². The Kier molecular flexibility index (Phi) is 6.01. The molecular formula is C23H29N2O3S+. The molecule has 29 heavy (non-hydrogen) atoms. The molecule has 0 fully saturated rings. The van der Waals surface area contributed by atoms with Gasteiger partial charge in [0.25, 0.3) is 5.91 Å². The van der Waals surface area contributed by atoms with E-state index in [0.717, 1.165) is 44.3 Å². The summed E-state index contributed by atoms with van der Waals surface area (Å²) in [5, 5.41) is 3.72. The number of anilines is 1. The van der Waals surface area contributed by atoms with Crippen LogP contribution in [0.4, 0.5) is 5.00 Å². The molecule has 1 aliphatic heterocycles. The second kappa shape index (κ2) is 8.67. The lowest BCUT2D eigenvalue weighted by atomic mass is 9.88. The van der Waals surface area contributed by atoms with Crippen molar-refractivity contribution < 1.29 is 19.2 Å². The molecule has 0 spiro atoms. The van der Waals surface area contributed by atoms with Crippen molar-refractivity contribution in [3.05, 3.63) is 51.4 Å². The van der Waals surface area contributed by atoms with Gasteiger partial charge in [0, 0.05) is 16.9 Å². The van der Waals surface area contributed by atoms with Crippen LogP contribution in [0.3, 0.4) is 0 Å². The van der Waals surface area contributed by atoms with E-state index in [4.69, 9.17) is 4.74 Å². The fourth-order valence-corrected chi connectivity index (χ4v) is 5.86. The average Bonchev–Trinajstić information content (AvgIpc) is 3.04. The van der Waals surface area contributed by atoms with Crippen molar-refractivity contribution in [2.24, 2.45) is 5.92 Å². The molecule has 2 N–H and O–H groups in total. The summed E-state index contributed by atoms with van der Waals surface area (Å²) in [6.07, 6.45) is 3.92. The largest absolute Gasteiger partial charge is 0.462 e. The highest BCUT2D eigenvalue weighted by Gasteiger charge is 2.30. The molecule has 1 aromatic carbocycles. The van der Waals surface area contributed by atoms with Crippen molar-refractivity contribution >= 4 is 28.2 Å². The molecule has 0 saturated heterocycles. The fourth-order valence-electron chi connectivity index (χ4n) is 4.45. The SMILES string of the molecule is CCOC(=O)c1c(NC(=O)C[NH+]2CCc3ccccc3C2)sc2c1CC[C@H](C)C2. The fraction of sp³-hybridized carbons (Fsp3) is 0.478. The molecule has 2 aromatic rings. The molecule has 0 saturated carbocycles. The Morgan fingerprint density at radius 1 is 1.24 bits per heavy atom. The predicted molar refractivity (Wildman–Crippen MR) is 115 cm³/mol. The highest BCUT2D eigenvalue weighted by molar-refractivity contribution is 7.17. The molecule has 4 rings (SSSR count). The maximum atomic E-state index is 12.8. The lowest BCUT2D eigenvalue weighted by Gasteiger charge is -2.25. The van der Waals surface area contributed by atoms with Gasteiger partial charge in [-0.2, -0.15) is 0 Å². The first-order valence-electron chi connectivity index (χ1n) is 10.6. The Hall–Kier alpha value is -2.18. The second-order valence-electron chi connectivity index (χ2n) is 8.20. The maximum absolute atomic E-state index is 12.8. The van der Waals surface area contributed by atoms with E-state index in [0.29, 0.717) is 29.6 Å². The molecular weight excluding hydrogens is 384 g/mol. The average molecular weight is 414 g/mol. The predicted octanol–water partition coefficient (Wildman–Crippen LogP) is 2.63. The Bertz CT molecular complexity index is 921. The van der Waals surface area contributed by atoms with Gasteiger partial charge in [0.2, 0.25) is 0 Å². The summed E-state index contributed by atoms with van der Waals surface area (Å²) in [4.78, 5) is 27.9. The highest BCUT2D eigenvalue weighted by atomic mass is 32.1. The topological polar surface area (TPSA) is 59.8 Å². The monoisotopic (exact) mass is 413 g/mol. The van der Waals surface area contributed by atoms with Crippen LogP contribution in [-0.4, -0.2) is 31.6 Å². The zero-order valence-electron chi connectivity index (χ0n) is 17.2. The maximum Gasteiger partial charge on any atom is 0.341 e. The zero-order valence-corrected chi connectivity index (χ0v) is 18.0. The van der Waals surface area contributed by atoms with Crippen molar-refractivity contribution in [3.63, 3.8) is 0 Å². The number of esters is 1. The first-order chi connectivity index (χ1) is 14.0. The number of ether oxygens (including phenoxy) is 1. The van der Waals surface area contributed by atoms with Gasteiger partial charge >= 0.3 is 5.97 Å². The quantitative estimate of drug-likeness (QED) is 0.741. The van der Waals surface area contributed by atoms with Crippen molar-refractivity contribution in [1.29, 1.82) is 0 Å². The Balaban J connectivity index is 1.48. The van der Waals surface area contributed by atoms with E-state index in [-0.39, 0.29) is 11.9 Å². The third-order valence-corrected chi connectivity index (χ3v) is 7.13. The van der Waals surface area contributed by atoms with E-state index in [1.807, 2.05) is 6.92 Å². The van der Waals surface area contributed by atoms with Crippen LogP contribution in [0.1, 0.15) is 52.2 Å². The number of hydrogen-bond donors (Lipinski definition) is 2. The summed E-state index contributed by atoms with van der Waals surface area (Å²) in [6.45, 7) is 6.62. The Morgan fingerprint density at radius 3 is 2.83 bits per heavy atom. The molecule has 2 atom stereocenters. The van der Waals surface area contributed by atoms with Gasteiger partial charge in [-0.3, -0.25) is 4.79 Å². The number of fused-ring (bicyclic) bond motifs is 2. The molecule has 6 heteroatoms. The van der Waals surface area contributed by atoms with Crippen LogP contribution >= 0.6 is 11.3 Å². The normalized spacial score (nSPS) is 20.5. The van der Waals surface area contributed by atoms with Crippen molar-refractivity contribution in [3.8, 4) is 0 Å². The minimum Gasteiger partial charge on any atom is -0.462 e. The molecule has 1 unspecified atom stereocenters. The van der Waals surface area contributed by atoms with Crippen LogP contribution in [0.15, 0.2) is 24.3 Å². The van der Waals surface area contributed by atoms with Gasteiger partial charge < -0.3 is 15.0 Å². The molecule has 1 aromatic heterocycles. The standard InChI is InChI=1S/C23H28N2O3S/c1-3-28-23(27)21-18-9-8-15(2)12-19(18)29-22(21)24-20(26)14-25-11-10-16-6-4-5-7-17(16)13-25/h4-7,15H,3,8-14H2,1-2H3,(H,24,26)/p+1/t15-/m0/s1. The lowest BCUT2D eigenvalue weighted by Crippen LogP contribution is -3.12. The summed E-state index contributed by atoms with van der Waals surface area (Å²) < 4.78 is 5.30. The van der Waals surface area contributed by atoms with Gasteiger partial charge in [0.1, 0.15) is 11.5 Å². The van der Waals surface area contributed by atoms with Crippen molar-refractivity contribution in [1.82, 2.24) is 0 Å². The minimum atomic E-state index is -0.311. The van der Waals surface area contributed by atoms with Gasteiger partial charge in [-0.25, -0.2) is 4.79 Å².